The van der Waals surface area contributed by atoms with Crippen LogP contribution in [-0.2, 0) is 11.3 Å². The molecule has 2 rings (SSSR count). The van der Waals surface area contributed by atoms with Crippen LogP contribution in [0.3, 0.4) is 0 Å². The van der Waals surface area contributed by atoms with E-state index in [4.69, 9.17) is 10.5 Å². The van der Waals surface area contributed by atoms with Gasteiger partial charge in [0.1, 0.15) is 5.82 Å². The monoisotopic (exact) mass is 329 g/mol. The maximum Gasteiger partial charge on any atom is 0.137 e. The van der Waals surface area contributed by atoms with Crippen LogP contribution >= 0.6 is 15.9 Å². The van der Waals surface area contributed by atoms with E-state index in [-0.39, 0.29) is 11.4 Å². The van der Waals surface area contributed by atoms with Crippen molar-refractivity contribution in [2.45, 2.75) is 50.7 Å². The second-order valence-electron chi connectivity index (χ2n) is 5.48. The molecule has 0 heterocycles. The number of rotatable bonds is 4. The molecule has 0 atom stereocenters. The Morgan fingerprint density at radius 1 is 1.21 bits per heavy atom. The summed E-state index contributed by atoms with van der Waals surface area (Å²) in [6.07, 6.45) is 6.96. The maximum atomic E-state index is 13.4. The zero-order valence-electron chi connectivity index (χ0n) is 11.1. The van der Waals surface area contributed by atoms with Gasteiger partial charge in [0.05, 0.1) is 17.7 Å². The molecule has 1 aromatic carbocycles. The van der Waals surface area contributed by atoms with Crippen molar-refractivity contribution in [2.75, 3.05) is 6.61 Å². The van der Waals surface area contributed by atoms with Gasteiger partial charge in [-0.1, -0.05) is 37.8 Å². The van der Waals surface area contributed by atoms with E-state index in [1.165, 1.54) is 31.7 Å². The summed E-state index contributed by atoms with van der Waals surface area (Å²) in [5.41, 5.74) is 7.01. The molecule has 1 aliphatic carbocycles. The fourth-order valence-electron chi connectivity index (χ4n) is 2.60. The van der Waals surface area contributed by atoms with Crippen molar-refractivity contribution in [1.29, 1.82) is 0 Å². The molecule has 106 valence electrons. The molecule has 0 spiro atoms. The number of halogens is 2. The third-order valence-electron chi connectivity index (χ3n) is 3.78. The van der Waals surface area contributed by atoms with Gasteiger partial charge in [0.25, 0.3) is 0 Å². The zero-order valence-corrected chi connectivity index (χ0v) is 12.7. The van der Waals surface area contributed by atoms with Gasteiger partial charge in [-0.3, -0.25) is 0 Å². The molecule has 0 unspecified atom stereocenters. The van der Waals surface area contributed by atoms with Crippen LogP contribution < -0.4 is 5.73 Å². The van der Waals surface area contributed by atoms with E-state index in [9.17, 15) is 4.39 Å². The van der Waals surface area contributed by atoms with E-state index < -0.39 is 0 Å². The molecule has 4 heteroatoms. The quantitative estimate of drug-likeness (QED) is 0.842. The normalized spacial score (nSPS) is 19.1. The second kappa shape index (κ2) is 6.82. The Kier molecular flexibility index (Phi) is 5.37. The zero-order chi connectivity index (χ0) is 13.7. The Morgan fingerprint density at radius 2 is 1.89 bits per heavy atom. The van der Waals surface area contributed by atoms with Gasteiger partial charge in [-0.25, -0.2) is 4.39 Å². The minimum Gasteiger partial charge on any atom is -0.375 e. The predicted octanol–water partition coefficient (Wildman–Crippen LogP) is 4.16. The van der Waals surface area contributed by atoms with Crippen molar-refractivity contribution >= 4 is 15.9 Å². The van der Waals surface area contributed by atoms with Crippen LogP contribution in [0.4, 0.5) is 4.39 Å². The molecule has 0 saturated heterocycles. The summed E-state index contributed by atoms with van der Waals surface area (Å²) in [6, 6.07) is 5.00. The molecule has 2 nitrogen and oxygen atoms in total. The Hall–Kier alpha value is -0.450. The van der Waals surface area contributed by atoms with E-state index >= 15 is 0 Å². The van der Waals surface area contributed by atoms with E-state index in [1.807, 2.05) is 6.07 Å². The Bertz CT molecular complexity index is 417. The highest BCUT2D eigenvalue weighted by atomic mass is 79.9. The molecule has 19 heavy (non-hydrogen) atoms. The average Bonchev–Trinajstić information content (AvgIpc) is 2.60. The van der Waals surface area contributed by atoms with Gasteiger partial charge in [-0.15, -0.1) is 0 Å². The topological polar surface area (TPSA) is 35.2 Å². The van der Waals surface area contributed by atoms with Crippen molar-refractivity contribution in [3.8, 4) is 0 Å². The molecule has 0 radical (unpaired) electrons. The highest BCUT2D eigenvalue weighted by Crippen LogP contribution is 2.26. The first-order valence-electron chi connectivity index (χ1n) is 6.90. The van der Waals surface area contributed by atoms with E-state index in [0.717, 1.165) is 18.4 Å². The summed E-state index contributed by atoms with van der Waals surface area (Å²) >= 11 is 3.25. The third kappa shape index (κ3) is 4.26. The van der Waals surface area contributed by atoms with E-state index in [1.54, 1.807) is 6.07 Å². The summed E-state index contributed by atoms with van der Waals surface area (Å²) in [5, 5.41) is 0. The Balaban J connectivity index is 1.87. The Labute approximate surface area is 122 Å². The highest BCUT2D eigenvalue weighted by molar-refractivity contribution is 9.10. The minimum atomic E-state index is -0.252. The van der Waals surface area contributed by atoms with Crippen LogP contribution in [0.25, 0.3) is 0 Å². The predicted molar refractivity (Wildman–Crippen MR) is 78.4 cm³/mol. The van der Waals surface area contributed by atoms with Crippen LogP contribution in [0, 0.1) is 5.82 Å². The minimum absolute atomic E-state index is 0.198. The lowest BCUT2D eigenvalue weighted by Gasteiger charge is -2.27. The number of nitrogens with two attached hydrogens (primary N) is 1. The number of benzene rings is 1. The van der Waals surface area contributed by atoms with Gasteiger partial charge in [0.15, 0.2) is 0 Å². The van der Waals surface area contributed by atoms with Crippen LogP contribution in [0.2, 0.25) is 0 Å². The molecule has 0 aliphatic heterocycles. The van der Waals surface area contributed by atoms with Crippen molar-refractivity contribution in [2.24, 2.45) is 5.73 Å². The van der Waals surface area contributed by atoms with Crippen LogP contribution in [0.15, 0.2) is 22.7 Å². The first-order chi connectivity index (χ1) is 9.11. The van der Waals surface area contributed by atoms with Crippen LogP contribution in [0.5, 0.6) is 0 Å². The lowest BCUT2D eigenvalue weighted by molar-refractivity contribution is 0.0663. The van der Waals surface area contributed by atoms with Gasteiger partial charge in [0, 0.05) is 5.54 Å². The standard InChI is InChI=1S/C15H21BrFNO/c16-14-12(6-5-7-13(14)17)10-19-11-15(18)8-3-1-2-4-9-15/h5-7H,1-4,8-11,18H2. The number of ether oxygens (including phenoxy) is 1. The molecule has 1 saturated carbocycles. The van der Waals surface area contributed by atoms with Gasteiger partial charge in [0.2, 0.25) is 0 Å². The SMILES string of the molecule is NC1(COCc2cccc(F)c2Br)CCCCCC1. The van der Waals surface area contributed by atoms with Crippen LogP contribution in [-0.4, -0.2) is 12.1 Å². The summed E-state index contributed by atoms with van der Waals surface area (Å²) in [5.74, 6) is -0.252. The van der Waals surface area contributed by atoms with Gasteiger partial charge < -0.3 is 10.5 Å². The molecule has 1 aromatic rings. The molecule has 0 amide bonds. The van der Waals surface area contributed by atoms with Gasteiger partial charge in [-0.2, -0.15) is 0 Å². The van der Waals surface area contributed by atoms with E-state index in [0.29, 0.717) is 17.7 Å². The summed E-state index contributed by atoms with van der Waals surface area (Å²) in [4.78, 5) is 0. The van der Waals surface area contributed by atoms with Crippen molar-refractivity contribution in [3.63, 3.8) is 0 Å². The first kappa shape index (κ1) is 14.9. The summed E-state index contributed by atoms with van der Waals surface area (Å²) in [7, 11) is 0. The highest BCUT2D eigenvalue weighted by Gasteiger charge is 2.26. The van der Waals surface area contributed by atoms with Crippen molar-refractivity contribution in [3.05, 3.63) is 34.1 Å². The van der Waals surface area contributed by atoms with Crippen LogP contribution in [0.1, 0.15) is 44.1 Å². The third-order valence-corrected chi connectivity index (χ3v) is 4.67. The molecule has 1 aliphatic rings. The van der Waals surface area contributed by atoms with Crippen molar-refractivity contribution < 1.29 is 9.13 Å². The largest absolute Gasteiger partial charge is 0.375 e. The number of hydrogen-bond acceptors (Lipinski definition) is 2. The Morgan fingerprint density at radius 3 is 2.58 bits per heavy atom. The average molecular weight is 330 g/mol. The number of hydrogen-bond donors (Lipinski definition) is 1. The van der Waals surface area contributed by atoms with Crippen molar-refractivity contribution in [1.82, 2.24) is 0 Å². The summed E-state index contributed by atoms with van der Waals surface area (Å²) in [6.45, 7) is 0.952. The van der Waals surface area contributed by atoms with Gasteiger partial charge in [-0.05, 0) is 40.4 Å². The molecule has 1 fully saturated rings. The maximum absolute atomic E-state index is 13.4. The fourth-order valence-corrected chi connectivity index (χ4v) is 2.98. The molecule has 0 aromatic heterocycles. The first-order valence-corrected chi connectivity index (χ1v) is 7.70. The lowest BCUT2D eigenvalue weighted by Crippen LogP contribution is -2.43. The fraction of sp³-hybridized carbons (Fsp3) is 0.600. The second-order valence-corrected chi connectivity index (χ2v) is 6.28. The molecule has 0 bridgehead atoms. The van der Waals surface area contributed by atoms with E-state index in [2.05, 4.69) is 15.9 Å². The molecular weight excluding hydrogens is 309 g/mol. The summed E-state index contributed by atoms with van der Waals surface area (Å²) < 4.78 is 19.6. The van der Waals surface area contributed by atoms with Gasteiger partial charge >= 0.3 is 0 Å². The molecular formula is C15H21BrFNO. The lowest BCUT2D eigenvalue weighted by atomic mass is 9.93. The molecule has 2 N–H and O–H groups in total. The smallest absolute Gasteiger partial charge is 0.137 e.